The quantitative estimate of drug-likeness (QED) is 0.795. The molecule has 0 aliphatic rings. The molecule has 0 saturated carbocycles. The van der Waals surface area contributed by atoms with Gasteiger partial charge in [-0.3, -0.25) is 14.3 Å². The van der Waals surface area contributed by atoms with Gasteiger partial charge in [0.1, 0.15) is 6.04 Å². The Morgan fingerprint density at radius 2 is 2.17 bits per heavy atom. The van der Waals surface area contributed by atoms with Gasteiger partial charge in [0, 0.05) is 19.3 Å². The number of hydrogen-bond acceptors (Lipinski definition) is 3. The first-order valence-corrected chi connectivity index (χ1v) is 6.04. The minimum Gasteiger partial charge on any atom is -0.354 e. The van der Waals surface area contributed by atoms with Crippen molar-refractivity contribution >= 4 is 11.8 Å². The number of carbonyl (C=O) groups excluding carboxylic acids is 2. The largest absolute Gasteiger partial charge is 0.354 e. The van der Waals surface area contributed by atoms with Crippen LogP contribution >= 0.6 is 0 Å². The highest BCUT2D eigenvalue weighted by molar-refractivity contribution is 5.98. The lowest BCUT2D eigenvalue weighted by Gasteiger charge is -2.13. The van der Waals surface area contributed by atoms with E-state index in [0.717, 1.165) is 12.1 Å². The Balaban J connectivity index is 2.59. The molecule has 0 fully saturated rings. The van der Waals surface area contributed by atoms with Gasteiger partial charge in [-0.25, -0.2) is 0 Å². The second-order valence-electron chi connectivity index (χ2n) is 4.25. The van der Waals surface area contributed by atoms with Crippen molar-refractivity contribution in [3.63, 3.8) is 0 Å². The monoisotopic (exact) mass is 252 g/mol. The highest BCUT2D eigenvalue weighted by Crippen LogP contribution is 2.05. The standard InChI is InChI=1S/C12H20N4O2/c1-5-6-13-11(17)8(2)15-12(18)10-7-14-16(4)9(10)3/h7-8H,5-6H2,1-4H3,(H,13,17)(H,15,18). The van der Waals surface area contributed by atoms with E-state index in [0.29, 0.717) is 12.1 Å². The molecule has 18 heavy (non-hydrogen) atoms. The van der Waals surface area contributed by atoms with Crippen LogP contribution in [-0.2, 0) is 11.8 Å². The molecule has 1 aromatic rings. The van der Waals surface area contributed by atoms with E-state index >= 15 is 0 Å². The Morgan fingerprint density at radius 1 is 1.50 bits per heavy atom. The summed E-state index contributed by atoms with van der Waals surface area (Å²) in [5.74, 6) is -0.452. The Bertz CT molecular complexity index is 439. The average molecular weight is 252 g/mol. The fourth-order valence-electron chi connectivity index (χ4n) is 1.46. The Hall–Kier alpha value is -1.85. The average Bonchev–Trinajstić information content (AvgIpc) is 2.66. The number of amides is 2. The van der Waals surface area contributed by atoms with Crippen molar-refractivity contribution in [2.45, 2.75) is 33.2 Å². The molecule has 1 heterocycles. The summed E-state index contributed by atoms with van der Waals surface area (Å²) in [5.41, 5.74) is 1.27. The Kier molecular flexibility index (Phi) is 4.88. The zero-order valence-electron chi connectivity index (χ0n) is 11.3. The lowest BCUT2D eigenvalue weighted by Crippen LogP contribution is -2.45. The number of nitrogens with zero attached hydrogens (tertiary/aromatic N) is 2. The molecule has 6 nitrogen and oxygen atoms in total. The van der Waals surface area contributed by atoms with Crippen molar-refractivity contribution in [3.8, 4) is 0 Å². The molecule has 0 aliphatic carbocycles. The van der Waals surface area contributed by atoms with Crippen molar-refractivity contribution in [2.75, 3.05) is 6.54 Å². The summed E-state index contributed by atoms with van der Waals surface area (Å²) in [6.07, 6.45) is 2.37. The van der Waals surface area contributed by atoms with E-state index in [2.05, 4.69) is 15.7 Å². The van der Waals surface area contributed by atoms with Gasteiger partial charge in [-0.2, -0.15) is 5.10 Å². The van der Waals surface area contributed by atoms with Crippen molar-refractivity contribution in [2.24, 2.45) is 7.05 Å². The fraction of sp³-hybridized carbons (Fsp3) is 0.583. The predicted molar refractivity (Wildman–Crippen MR) is 68.2 cm³/mol. The number of carbonyl (C=O) groups is 2. The topological polar surface area (TPSA) is 76.0 Å². The first-order chi connectivity index (χ1) is 8.47. The molecule has 1 aromatic heterocycles. The van der Waals surface area contributed by atoms with Crippen LogP contribution in [0.1, 0.15) is 36.3 Å². The molecule has 1 unspecified atom stereocenters. The fourth-order valence-corrected chi connectivity index (χ4v) is 1.46. The molecule has 2 amide bonds. The zero-order valence-corrected chi connectivity index (χ0v) is 11.3. The van der Waals surface area contributed by atoms with E-state index in [4.69, 9.17) is 0 Å². The van der Waals surface area contributed by atoms with Crippen molar-refractivity contribution in [1.82, 2.24) is 20.4 Å². The predicted octanol–water partition coefficient (Wildman–Crippen LogP) is 0.373. The van der Waals surface area contributed by atoms with Gasteiger partial charge in [0.15, 0.2) is 0 Å². The number of nitrogens with one attached hydrogen (secondary N) is 2. The maximum Gasteiger partial charge on any atom is 0.255 e. The Morgan fingerprint density at radius 3 is 2.67 bits per heavy atom. The van der Waals surface area contributed by atoms with Crippen LogP contribution in [0.25, 0.3) is 0 Å². The maximum atomic E-state index is 11.9. The van der Waals surface area contributed by atoms with Crippen LogP contribution in [0.5, 0.6) is 0 Å². The Labute approximate surface area is 107 Å². The summed E-state index contributed by atoms with van der Waals surface area (Å²) in [5, 5.41) is 9.38. The van der Waals surface area contributed by atoms with Crippen LogP contribution in [0, 0.1) is 6.92 Å². The van der Waals surface area contributed by atoms with E-state index in [-0.39, 0.29) is 11.8 Å². The molecule has 0 spiro atoms. The molecule has 1 atom stereocenters. The molecular weight excluding hydrogens is 232 g/mol. The van der Waals surface area contributed by atoms with E-state index in [1.165, 1.54) is 6.20 Å². The summed E-state index contributed by atoms with van der Waals surface area (Å²) < 4.78 is 1.62. The molecule has 100 valence electrons. The van der Waals surface area contributed by atoms with Gasteiger partial charge in [-0.05, 0) is 20.3 Å². The molecule has 2 N–H and O–H groups in total. The molecule has 0 bridgehead atoms. The summed E-state index contributed by atoms with van der Waals surface area (Å²) in [6, 6.07) is -0.552. The molecule has 0 aliphatic heterocycles. The van der Waals surface area contributed by atoms with Gasteiger partial charge >= 0.3 is 0 Å². The molecule has 1 rings (SSSR count). The number of rotatable bonds is 5. The SMILES string of the molecule is CCCNC(=O)C(C)NC(=O)c1cnn(C)c1C. The highest BCUT2D eigenvalue weighted by Gasteiger charge is 2.18. The summed E-state index contributed by atoms with van der Waals surface area (Å²) in [4.78, 5) is 23.5. The van der Waals surface area contributed by atoms with E-state index in [9.17, 15) is 9.59 Å². The molecule has 0 radical (unpaired) electrons. The van der Waals surface area contributed by atoms with E-state index in [1.807, 2.05) is 13.8 Å². The van der Waals surface area contributed by atoms with Gasteiger partial charge in [-0.15, -0.1) is 0 Å². The van der Waals surface area contributed by atoms with Crippen LogP contribution in [0.15, 0.2) is 6.20 Å². The minimum absolute atomic E-state index is 0.174. The first kappa shape index (κ1) is 14.2. The molecule has 0 saturated heterocycles. The highest BCUT2D eigenvalue weighted by atomic mass is 16.2. The second kappa shape index (κ2) is 6.18. The second-order valence-corrected chi connectivity index (χ2v) is 4.25. The minimum atomic E-state index is -0.552. The smallest absolute Gasteiger partial charge is 0.255 e. The third-order valence-electron chi connectivity index (χ3n) is 2.77. The van der Waals surface area contributed by atoms with Crippen LogP contribution in [0.4, 0.5) is 0 Å². The zero-order chi connectivity index (χ0) is 13.7. The number of hydrogen-bond donors (Lipinski definition) is 2. The van der Waals surface area contributed by atoms with Gasteiger partial charge in [0.05, 0.1) is 11.8 Å². The normalized spacial score (nSPS) is 12.0. The van der Waals surface area contributed by atoms with E-state index in [1.54, 1.807) is 18.7 Å². The summed E-state index contributed by atoms with van der Waals surface area (Å²) >= 11 is 0. The van der Waals surface area contributed by atoms with Crippen LogP contribution < -0.4 is 10.6 Å². The third kappa shape index (κ3) is 3.32. The van der Waals surface area contributed by atoms with Crippen LogP contribution in [0.2, 0.25) is 0 Å². The van der Waals surface area contributed by atoms with Gasteiger partial charge in [-0.1, -0.05) is 6.92 Å². The number of aromatic nitrogens is 2. The summed E-state index contributed by atoms with van der Waals surface area (Å²) in [7, 11) is 1.77. The van der Waals surface area contributed by atoms with Crippen LogP contribution in [0.3, 0.4) is 0 Å². The van der Waals surface area contributed by atoms with E-state index < -0.39 is 6.04 Å². The molecular formula is C12H20N4O2. The van der Waals surface area contributed by atoms with Crippen molar-refractivity contribution < 1.29 is 9.59 Å². The maximum absolute atomic E-state index is 11.9. The molecule has 0 aromatic carbocycles. The van der Waals surface area contributed by atoms with Crippen molar-refractivity contribution in [1.29, 1.82) is 0 Å². The first-order valence-electron chi connectivity index (χ1n) is 6.04. The van der Waals surface area contributed by atoms with Crippen LogP contribution in [-0.4, -0.2) is 34.2 Å². The van der Waals surface area contributed by atoms with Crippen molar-refractivity contribution in [3.05, 3.63) is 17.5 Å². The third-order valence-corrected chi connectivity index (χ3v) is 2.77. The van der Waals surface area contributed by atoms with Gasteiger partial charge in [0.2, 0.25) is 5.91 Å². The van der Waals surface area contributed by atoms with Gasteiger partial charge < -0.3 is 10.6 Å². The lowest BCUT2D eigenvalue weighted by molar-refractivity contribution is -0.122. The summed E-state index contributed by atoms with van der Waals surface area (Å²) in [6.45, 7) is 6.06. The van der Waals surface area contributed by atoms with Gasteiger partial charge in [0.25, 0.3) is 5.91 Å². The number of aryl methyl sites for hydroxylation is 1. The molecule has 6 heteroatoms. The lowest BCUT2D eigenvalue weighted by atomic mass is 10.2.